The van der Waals surface area contributed by atoms with Crippen molar-refractivity contribution in [1.29, 1.82) is 0 Å². The van der Waals surface area contributed by atoms with Crippen LogP contribution >= 0.6 is 0 Å². The monoisotopic (exact) mass is 376 g/mol. The molecule has 0 aliphatic heterocycles. The van der Waals surface area contributed by atoms with E-state index in [0.29, 0.717) is 5.95 Å². The fraction of sp³-hybridized carbons (Fsp3) is 0.227. The Bertz CT molecular complexity index is 969. The molecule has 6 heteroatoms. The van der Waals surface area contributed by atoms with Gasteiger partial charge in [0.2, 0.25) is 5.95 Å². The number of nitrogens with one attached hydrogen (secondary N) is 2. The number of hydrogen-bond donors (Lipinski definition) is 2. The van der Waals surface area contributed by atoms with Crippen molar-refractivity contribution in [2.24, 2.45) is 0 Å². The third-order valence-corrected chi connectivity index (χ3v) is 4.01. The Morgan fingerprint density at radius 1 is 1.04 bits per heavy atom. The molecular weight excluding hydrogens is 352 g/mol. The van der Waals surface area contributed by atoms with E-state index in [1.54, 1.807) is 12.3 Å². The molecule has 3 aromatic rings. The summed E-state index contributed by atoms with van der Waals surface area (Å²) in [6.45, 7) is 7.90. The molecule has 1 heterocycles. The van der Waals surface area contributed by atoms with Gasteiger partial charge in [-0.1, -0.05) is 12.1 Å². The zero-order valence-corrected chi connectivity index (χ0v) is 16.5. The third-order valence-electron chi connectivity index (χ3n) is 4.01. The molecular formula is C22H24N4O2. The van der Waals surface area contributed by atoms with Crippen LogP contribution < -0.4 is 15.4 Å². The largest absolute Gasteiger partial charge is 0.491 e. The number of amides is 1. The van der Waals surface area contributed by atoms with Gasteiger partial charge in [0.25, 0.3) is 5.91 Å². The summed E-state index contributed by atoms with van der Waals surface area (Å²) in [6.07, 6.45) is 1.68. The molecule has 0 fully saturated rings. The van der Waals surface area contributed by atoms with Gasteiger partial charge in [0, 0.05) is 17.6 Å². The number of rotatable bonds is 6. The second kappa shape index (κ2) is 8.52. The van der Waals surface area contributed by atoms with Crippen LogP contribution in [0, 0.1) is 13.8 Å². The number of anilines is 3. The van der Waals surface area contributed by atoms with Gasteiger partial charge in [0.15, 0.2) is 0 Å². The summed E-state index contributed by atoms with van der Waals surface area (Å²) >= 11 is 0. The molecule has 3 rings (SSSR count). The van der Waals surface area contributed by atoms with Crippen molar-refractivity contribution in [3.8, 4) is 5.75 Å². The average molecular weight is 376 g/mol. The summed E-state index contributed by atoms with van der Waals surface area (Å²) in [7, 11) is 0. The van der Waals surface area contributed by atoms with Gasteiger partial charge in [0.05, 0.1) is 6.10 Å². The van der Waals surface area contributed by atoms with Crippen LogP contribution in [-0.2, 0) is 0 Å². The predicted octanol–water partition coefficient (Wildman–Crippen LogP) is 4.88. The summed E-state index contributed by atoms with van der Waals surface area (Å²) < 4.78 is 5.63. The molecule has 0 saturated carbocycles. The van der Waals surface area contributed by atoms with Gasteiger partial charge in [-0.15, -0.1) is 0 Å². The number of benzene rings is 2. The van der Waals surface area contributed by atoms with Gasteiger partial charge in [-0.3, -0.25) is 4.79 Å². The normalized spacial score (nSPS) is 10.6. The zero-order valence-electron chi connectivity index (χ0n) is 16.5. The van der Waals surface area contributed by atoms with Crippen molar-refractivity contribution in [2.45, 2.75) is 33.8 Å². The maximum Gasteiger partial charge on any atom is 0.274 e. The Morgan fingerprint density at radius 2 is 1.79 bits per heavy atom. The van der Waals surface area contributed by atoms with Gasteiger partial charge in [-0.2, -0.15) is 0 Å². The van der Waals surface area contributed by atoms with Crippen molar-refractivity contribution < 1.29 is 9.53 Å². The van der Waals surface area contributed by atoms with Crippen LogP contribution in [0.1, 0.15) is 35.5 Å². The van der Waals surface area contributed by atoms with Crippen molar-refractivity contribution in [2.75, 3.05) is 10.6 Å². The molecule has 0 aliphatic carbocycles. The van der Waals surface area contributed by atoms with Crippen LogP contribution in [0.25, 0.3) is 0 Å². The Morgan fingerprint density at radius 3 is 2.50 bits per heavy atom. The molecule has 0 saturated heterocycles. The van der Waals surface area contributed by atoms with E-state index in [1.807, 2.05) is 70.2 Å². The van der Waals surface area contributed by atoms with Crippen LogP contribution in [-0.4, -0.2) is 22.0 Å². The minimum atomic E-state index is -0.278. The second-order valence-corrected chi connectivity index (χ2v) is 6.85. The van der Waals surface area contributed by atoms with Crippen molar-refractivity contribution in [1.82, 2.24) is 9.97 Å². The fourth-order valence-corrected chi connectivity index (χ4v) is 2.62. The first-order valence-electron chi connectivity index (χ1n) is 9.16. The van der Waals surface area contributed by atoms with Crippen molar-refractivity contribution in [3.63, 3.8) is 0 Å². The first kappa shape index (κ1) is 19.4. The summed E-state index contributed by atoms with van der Waals surface area (Å²) in [5.74, 6) is 0.870. The summed E-state index contributed by atoms with van der Waals surface area (Å²) in [6, 6.07) is 15.0. The van der Waals surface area contributed by atoms with E-state index in [2.05, 4.69) is 20.6 Å². The average Bonchev–Trinajstić information content (AvgIpc) is 2.66. The van der Waals surface area contributed by atoms with E-state index < -0.39 is 0 Å². The van der Waals surface area contributed by atoms with Gasteiger partial charge >= 0.3 is 0 Å². The fourth-order valence-electron chi connectivity index (χ4n) is 2.62. The Hall–Kier alpha value is -3.41. The van der Waals surface area contributed by atoms with Crippen LogP contribution in [0.3, 0.4) is 0 Å². The van der Waals surface area contributed by atoms with Crippen LogP contribution in [0.4, 0.5) is 17.3 Å². The minimum absolute atomic E-state index is 0.120. The number of aryl methyl sites for hydroxylation is 2. The highest BCUT2D eigenvalue weighted by molar-refractivity contribution is 6.03. The molecule has 28 heavy (non-hydrogen) atoms. The number of nitrogens with zero attached hydrogens (tertiary/aromatic N) is 2. The number of ether oxygens (including phenoxy) is 1. The molecule has 1 aromatic heterocycles. The van der Waals surface area contributed by atoms with E-state index in [0.717, 1.165) is 28.3 Å². The maximum atomic E-state index is 12.6. The first-order valence-corrected chi connectivity index (χ1v) is 9.16. The van der Waals surface area contributed by atoms with E-state index in [9.17, 15) is 4.79 Å². The van der Waals surface area contributed by atoms with Gasteiger partial charge in [-0.25, -0.2) is 9.97 Å². The molecule has 2 aromatic carbocycles. The maximum absolute atomic E-state index is 12.6. The highest BCUT2D eigenvalue weighted by Gasteiger charge is 2.11. The standard InChI is InChI=1S/C22H24N4O2/c1-14(2)28-18-9-7-17(8-10-18)24-22-23-12-11-19(26-22)21(27)25-20-13-15(3)5-6-16(20)4/h5-14H,1-4H3,(H,25,27)(H,23,24,26). The molecule has 6 nitrogen and oxygen atoms in total. The molecule has 0 aliphatic rings. The Balaban J connectivity index is 1.71. The molecule has 0 bridgehead atoms. The Labute approximate surface area is 165 Å². The molecule has 0 atom stereocenters. The number of carbonyl (C=O) groups excluding carboxylic acids is 1. The first-order chi connectivity index (χ1) is 13.4. The number of hydrogen-bond acceptors (Lipinski definition) is 5. The van der Waals surface area contributed by atoms with Crippen LogP contribution in [0.2, 0.25) is 0 Å². The highest BCUT2D eigenvalue weighted by atomic mass is 16.5. The van der Waals surface area contributed by atoms with Crippen LogP contribution in [0.5, 0.6) is 5.75 Å². The quantitative estimate of drug-likeness (QED) is 0.641. The summed E-state index contributed by atoms with van der Waals surface area (Å²) in [5, 5.41) is 6.02. The summed E-state index contributed by atoms with van der Waals surface area (Å²) in [5.41, 5.74) is 3.95. The molecule has 0 radical (unpaired) electrons. The lowest BCUT2D eigenvalue weighted by molar-refractivity contribution is 0.102. The predicted molar refractivity (Wildman–Crippen MR) is 111 cm³/mol. The lowest BCUT2D eigenvalue weighted by Gasteiger charge is -2.11. The minimum Gasteiger partial charge on any atom is -0.491 e. The lowest BCUT2D eigenvalue weighted by Crippen LogP contribution is -2.15. The van der Waals surface area contributed by atoms with Gasteiger partial charge < -0.3 is 15.4 Å². The van der Waals surface area contributed by atoms with Crippen molar-refractivity contribution in [3.05, 3.63) is 71.5 Å². The second-order valence-electron chi connectivity index (χ2n) is 6.85. The smallest absolute Gasteiger partial charge is 0.274 e. The van der Waals surface area contributed by atoms with E-state index in [4.69, 9.17) is 4.74 Å². The molecule has 1 amide bonds. The number of aromatic nitrogens is 2. The SMILES string of the molecule is Cc1ccc(C)c(NC(=O)c2ccnc(Nc3ccc(OC(C)C)cc3)n2)c1. The lowest BCUT2D eigenvalue weighted by atomic mass is 10.1. The Kier molecular flexibility index (Phi) is 5.89. The molecule has 2 N–H and O–H groups in total. The number of carbonyl (C=O) groups is 1. The summed E-state index contributed by atoms with van der Waals surface area (Å²) in [4.78, 5) is 21.1. The third kappa shape index (κ3) is 5.07. The topological polar surface area (TPSA) is 76.1 Å². The zero-order chi connectivity index (χ0) is 20.1. The van der Waals surface area contributed by atoms with Crippen LogP contribution in [0.15, 0.2) is 54.7 Å². The molecule has 0 unspecified atom stereocenters. The molecule has 144 valence electrons. The van der Waals surface area contributed by atoms with Gasteiger partial charge in [-0.05, 0) is 75.2 Å². The van der Waals surface area contributed by atoms with Gasteiger partial charge in [0.1, 0.15) is 11.4 Å². The highest BCUT2D eigenvalue weighted by Crippen LogP contribution is 2.20. The van der Waals surface area contributed by atoms with E-state index in [-0.39, 0.29) is 17.7 Å². The van der Waals surface area contributed by atoms with E-state index >= 15 is 0 Å². The molecule has 0 spiro atoms. The van der Waals surface area contributed by atoms with Crippen molar-refractivity contribution >= 4 is 23.2 Å². The van der Waals surface area contributed by atoms with E-state index in [1.165, 1.54) is 0 Å².